The topological polar surface area (TPSA) is 122 Å². The molecule has 10 nitrogen and oxygen atoms in total. The number of hydrogen-bond acceptors (Lipinski definition) is 7. The molecule has 0 saturated heterocycles. The van der Waals surface area contributed by atoms with Crippen molar-refractivity contribution in [2.45, 2.75) is 38.6 Å². The van der Waals surface area contributed by atoms with Crippen molar-refractivity contribution in [3.63, 3.8) is 0 Å². The number of halogens is 1. The largest absolute Gasteiger partial charge is 0.479 e. The number of carbonyl (C=O) groups excluding carboxylic acids is 1. The lowest BCUT2D eigenvalue weighted by Crippen LogP contribution is -2.31. The lowest BCUT2D eigenvalue weighted by Gasteiger charge is -2.32. The van der Waals surface area contributed by atoms with Crippen molar-refractivity contribution < 1.29 is 13.9 Å². The quantitative estimate of drug-likeness (QED) is 0.452. The van der Waals surface area contributed by atoms with Gasteiger partial charge in [-0.1, -0.05) is 0 Å². The number of pyridine rings is 1. The molecule has 4 aromatic heterocycles. The third-order valence-corrected chi connectivity index (χ3v) is 6.70. The van der Waals surface area contributed by atoms with Crippen LogP contribution in [-0.4, -0.2) is 50.1 Å². The summed E-state index contributed by atoms with van der Waals surface area (Å²) in [6.45, 7) is 2.00. The van der Waals surface area contributed by atoms with E-state index in [9.17, 15) is 14.4 Å². The number of hydrogen-bond donors (Lipinski definition) is 2. The first-order valence-corrected chi connectivity index (χ1v) is 11.4. The number of nitrogens with zero attached hydrogens (tertiary/aromatic N) is 6. The van der Waals surface area contributed by atoms with Crippen LogP contribution in [0.25, 0.3) is 22.3 Å². The number of ether oxygens (including phenoxy) is 1. The molecule has 180 valence electrons. The molecule has 4 aromatic rings. The smallest absolute Gasteiger partial charge is 0.269 e. The normalized spacial score (nSPS) is 20.0. The van der Waals surface area contributed by atoms with E-state index < -0.39 is 5.82 Å². The van der Waals surface area contributed by atoms with Gasteiger partial charge in [-0.05, 0) is 44.7 Å². The van der Waals surface area contributed by atoms with Crippen LogP contribution in [-0.2, 0) is 0 Å². The zero-order chi connectivity index (χ0) is 24.7. The fourth-order valence-electron chi connectivity index (χ4n) is 4.61. The van der Waals surface area contributed by atoms with Crippen molar-refractivity contribution in [2.24, 2.45) is 5.41 Å². The van der Waals surface area contributed by atoms with E-state index in [1.165, 1.54) is 30.8 Å². The minimum absolute atomic E-state index is 0.0607. The van der Waals surface area contributed by atoms with Crippen molar-refractivity contribution in [2.75, 3.05) is 19.5 Å². The highest BCUT2D eigenvalue weighted by Crippen LogP contribution is 2.37. The van der Waals surface area contributed by atoms with Gasteiger partial charge in [-0.2, -0.15) is 10.2 Å². The van der Waals surface area contributed by atoms with Crippen molar-refractivity contribution in [3.05, 3.63) is 42.2 Å². The van der Waals surface area contributed by atoms with Crippen molar-refractivity contribution in [1.82, 2.24) is 29.3 Å². The number of anilines is 1. The zero-order valence-electron chi connectivity index (χ0n) is 19.7. The predicted octanol–water partition coefficient (Wildman–Crippen LogP) is 3.44. The number of methoxy groups -OCH3 is 1. The minimum atomic E-state index is -0.558. The van der Waals surface area contributed by atoms with Gasteiger partial charge in [-0.15, -0.1) is 5.10 Å². The molecule has 0 atom stereocenters. The van der Waals surface area contributed by atoms with Crippen molar-refractivity contribution >= 4 is 23.0 Å². The van der Waals surface area contributed by atoms with Gasteiger partial charge >= 0.3 is 0 Å². The standard InChI is InChI=1S/C24H25FN8O2/c1-24(13-26)7-4-15(5-8-24)29-23-30-22(35-3)19-16(6-9-33(19)31-23)14-10-17(25)20-28-11-18(21(34)27-2)32(20)12-14/h6,9-12,15H,4-5,7-8H2,1-3H3,(H,27,34)(H,29,31)/t15-,24+. The van der Waals surface area contributed by atoms with Gasteiger partial charge in [0.2, 0.25) is 11.8 Å². The predicted molar refractivity (Wildman–Crippen MR) is 127 cm³/mol. The van der Waals surface area contributed by atoms with E-state index in [2.05, 4.69) is 31.8 Å². The van der Waals surface area contributed by atoms with Crippen LogP contribution >= 0.6 is 0 Å². The lowest BCUT2D eigenvalue weighted by molar-refractivity contribution is 0.0957. The number of amides is 1. The Morgan fingerprint density at radius 2 is 2.14 bits per heavy atom. The van der Waals surface area contributed by atoms with Gasteiger partial charge in [-0.25, -0.2) is 13.9 Å². The summed E-state index contributed by atoms with van der Waals surface area (Å²) in [4.78, 5) is 20.8. The van der Waals surface area contributed by atoms with Gasteiger partial charge in [0.1, 0.15) is 11.2 Å². The second-order valence-electron chi connectivity index (χ2n) is 9.05. The molecule has 0 aliphatic heterocycles. The van der Waals surface area contributed by atoms with Gasteiger partial charge in [-0.3, -0.25) is 9.20 Å². The third-order valence-electron chi connectivity index (χ3n) is 6.70. The first-order valence-electron chi connectivity index (χ1n) is 11.4. The fraction of sp³-hybridized carbons (Fsp3) is 0.375. The highest BCUT2D eigenvalue weighted by molar-refractivity contribution is 5.93. The molecule has 1 amide bonds. The van der Waals surface area contributed by atoms with E-state index in [-0.39, 0.29) is 28.7 Å². The maximum atomic E-state index is 14.9. The van der Waals surface area contributed by atoms with Crippen molar-refractivity contribution in [1.29, 1.82) is 5.26 Å². The average molecular weight is 477 g/mol. The number of imidazole rings is 1. The summed E-state index contributed by atoms with van der Waals surface area (Å²) in [7, 11) is 3.03. The van der Waals surface area contributed by atoms with E-state index >= 15 is 0 Å². The van der Waals surface area contributed by atoms with Crippen LogP contribution in [0, 0.1) is 22.6 Å². The summed E-state index contributed by atoms with van der Waals surface area (Å²) in [5, 5.41) is 19.9. The molecule has 11 heteroatoms. The molecule has 1 aliphatic rings. The number of aromatic nitrogens is 5. The molecule has 0 bridgehead atoms. The second kappa shape index (κ2) is 8.54. The molecular weight excluding hydrogens is 451 g/mol. The Kier molecular flexibility index (Phi) is 5.51. The molecule has 35 heavy (non-hydrogen) atoms. The SMILES string of the molecule is CNC(=O)c1cnc2c(F)cc(-c3ccn4nc(N[C@H]5CC[C@@](C)(C#N)CC5)nc(OC)c34)cn12. The molecule has 4 heterocycles. The van der Waals surface area contributed by atoms with Crippen LogP contribution in [0.2, 0.25) is 0 Å². The van der Waals surface area contributed by atoms with Crippen LogP contribution < -0.4 is 15.4 Å². The lowest BCUT2D eigenvalue weighted by atomic mass is 9.75. The number of rotatable bonds is 5. The maximum Gasteiger partial charge on any atom is 0.269 e. The molecule has 1 aliphatic carbocycles. The number of fused-ring (bicyclic) bond motifs is 2. The van der Waals surface area contributed by atoms with Crippen LogP contribution in [0.1, 0.15) is 43.1 Å². The molecule has 0 radical (unpaired) electrons. The summed E-state index contributed by atoms with van der Waals surface area (Å²) in [5.74, 6) is -0.180. The van der Waals surface area contributed by atoms with E-state index in [0.717, 1.165) is 25.7 Å². The number of nitrogens with one attached hydrogen (secondary N) is 2. The Hall–Kier alpha value is -4.20. The second-order valence-corrected chi connectivity index (χ2v) is 9.05. The summed E-state index contributed by atoms with van der Waals surface area (Å²) < 4.78 is 23.5. The molecule has 1 saturated carbocycles. The van der Waals surface area contributed by atoms with Gasteiger partial charge in [0, 0.05) is 36.6 Å². The maximum absolute atomic E-state index is 14.9. The van der Waals surface area contributed by atoms with E-state index in [1.807, 2.05) is 6.92 Å². The van der Waals surface area contributed by atoms with E-state index in [1.54, 1.807) is 23.0 Å². The Bertz CT molecular complexity index is 1480. The van der Waals surface area contributed by atoms with Crippen LogP contribution in [0.3, 0.4) is 0 Å². The summed E-state index contributed by atoms with van der Waals surface area (Å²) in [6.07, 6.45) is 8.08. The summed E-state index contributed by atoms with van der Waals surface area (Å²) in [6, 6.07) is 5.74. The van der Waals surface area contributed by atoms with Crippen LogP contribution in [0.15, 0.2) is 30.7 Å². The first kappa shape index (κ1) is 22.6. The molecule has 1 fully saturated rings. The molecule has 0 unspecified atom stereocenters. The minimum Gasteiger partial charge on any atom is -0.479 e. The average Bonchev–Trinajstić information content (AvgIpc) is 3.49. The number of carbonyl (C=O) groups is 1. The monoisotopic (exact) mass is 476 g/mol. The Morgan fingerprint density at radius 3 is 2.83 bits per heavy atom. The van der Waals surface area contributed by atoms with Gasteiger partial charge in [0.05, 0.1) is 24.8 Å². The Labute approximate surface area is 200 Å². The van der Waals surface area contributed by atoms with Crippen LogP contribution in [0.4, 0.5) is 10.3 Å². The van der Waals surface area contributed by atoms with E-state index in [4.69, 9.17) is 4.74 Å². The highest BCUT2D eigenvalue weighted by atomic mass is 19.1. The highest BCUT2D eigenvalue weighted by Gasteiger charge is 2.31. The molecule has 0 aromatic carbocycles. The summed E-state index contributed by atoms with van der Waals surface area (Å²) in [5.41, 5.74) is 1.74. The van der Waals surface area contributed by atoms with Gasteiger partial charge in [0.15, 0.2) is 11.5 Å². The van der Waals surface area contributed by atoms with Crippen LogP contribution in [0.5, 0.6) is 5.88 Å². The zero-order valence-corrected chi connectivity index (χ0v) is 19.7. The van der Waals surface area contributed by atoms with Gasteiger partial charge in [0.25, 0.3) is 5.91 Å². The Balaban J connectivity index is 1.52. The molecular formula is C24H25FN8O2. The van der Waals surface area contributed by atoms with Crippen molar-refractivity contribution in [3.8, 4) is 23.1 Å². The van der Waals surface area contributed by atoms with Gasteiger partial charge < -0.3 is 15.4 Å². The molecule has 2 N–H and O–H groups in total. The molecule has 5 rings (SSSR count). The third kappa shape index (κ3) is 3.90. The first-order chi connectivity index (χ1) is 16.9. The van der Waals surface area contributed by atoms with E-state index in [0.29, 0.717) is 28.5 Å². The molecule has 0 spiro atoms. The number of nitriles is 1. The summed E-state index contributed by atoms with van der Waals surface area (Å²) >= 11 is 0. The Morgan fingerprint density at radius 1 is 1.37 bits per heavy atom. The fourth-order valence-corrected chi connectivity index (χ4v) is 4.61.